The van der Waals surface area contributed by atoms with Gasteiger partial charge >= 0.3 is 0 Å². The van der Waals surface area contributed by atoms with Gasteiger partial charge in [0.25, 0.3) is 0 Å². The second-order valence-corrected chi connectivity index (χ2v) is 11.2. The van der Waals surface area contributed by atoms with E-state index in [2.05, 4.69) is 14.9 Å². The highest BCUT2D eigenvalue weighted by Gasteiger charge is 2.36. The van der Waals surface area contributed by atoms with Crippen LogP contribution in [-0.4, -0.2) is 35.3 Å². The van der Waals surface area contributed by atoms with Crippen molar-refractivity contribution in [2.24, 2.45) is 0 Å². The van der Waals surface area contributed by atoms with Gasteiger partial charge in [-0.05, 0) is 54.8 Å². The van der Waals surface area contributed by atoms with E-state index < -0.39 is 10.0 Å². The normalized spacial score (nSPS) is 16.6. The summed E-state index contributed by atoms with van der Waals surface area (Å²) in [6, 6.07) is 24.1. The molecular weight excluding hydrogens is 480 g/mol. The number of benzene rings is 3. The lowest BCUT2D eigenvalue weighted by Gasteiger charge is -2.32. The Kier molecular flexibility index (Phi) is 6.65. The number of imidazole rings is 1. The Morgan fingerprint density at radius 3 is 2.43 bits per heavy atom. The zero-order valence-electron chi connectivity index (χ0n) is 19.4. The number of hydrogen-bond acceptors (Lipinski definition) is 4. The summed E-state index contributed by atoms with van der Waals surface area (Å²) in [6.07, 6.45) is 2.42. The summed E-state index contributed by atoms with van der Waals surface area (Å²) in [7, 11) is -3.76. The van der Waals surface area contributed by atoms with Crippen LogP contribution in [-0.2, 0) is 29.5 Å². The first-order valence-electron chi connectivity index (χ1n) is 11.5. The van der Waals surface area contributed by atoms with Crippen LogP contribution in [0.5, 0.6) is 0 Å². The number of hydrogen-bond donors (Lipinski definition) is 1. The fraction of sp³-hybridized carbons (Fsp3) is 0.222. The van der Waals surface area contributed by atoms with E-state index >= 15 is 0 Å². The van der Waals surface area contributed by atoms with Crippen LogP contribution in [0.2, 0.25) is 5.02 Å². The zero-order valence-corrected chi connectivity index (χ0v) is 21.0. The van der Waals surface area contributed by atoms with Crippen LogP contribution in [0.4, 0.5) is 5.69 Å². The molecule has 1 aliphatic heterocycles. The second-order valence-electron chi connectivity index (χ2n) is 8.85. The number of nitrogens with one attached hydrogen (secondary N) is 1. The van der Waals surface area contributed by atoms with Crippen molar-refractivity contribution in [2.75, 3.05) is 11.4 Å². The lowest BCUT2D eigenvalue weighted by Crippen LogP contribution is -2.45. The highest BCUT2D eigenvalue weighted by molar-refractivity contribution is 7.89. The maximum atomic E-state index is 14.0. The minimum atomic E-state index is -3.76. The Morgan fingerprint density at radius 2 is 1.74 bits per heavy atom. The molecule has 0 amide bonds. The second kappa shape index (κ2) is 9.85. The predicted octanol–water partition coefficient (Wildman–Crippen LogP) is 5.19. The summed E-state index contributed by atoms with van der Waals surface area (Å²) in [4.78, 5) is 10.2. The molecule has 1 atom stereocenters. The molecule has 3 aromatic carbocycles. The Morgan fingerprint density at radius 1 is 1.03 bits per heavy atom. The van der Waals surface area contributed by atoms with Crippen molar-refractivity contribution in [2.45, 2.75) is 37.4 Å². The van der Waals surface area contributed by atoms with Gasteiger partial charge in [0, 0.05) is 29.8 Å². The van der Waals surface area contributed by atoms with E-state index in [1.165, 1.54) is 0 Å². The van der Waals surface area contributed by atoms with Gasteiger partial charge in [0.1, 0.15) is 5.82 Å². The van der Waals surface area contributed by atoms with Crippen LogP contribution < -0.4 is 4.90 Å². The molecule has 0 saturated carbocycles. The predicted molar refractivity (Wildman–Crippen MR) is 139 cm³/mol. The monoisotopic (exact) mass is 506 g/mol. The molecule has 0 fully saturated rings. The largest absolute Gasteiger partial charge is 0.364 e. The smallest absolute Gasteiger partial charge is 0.243 e. The fourth-order valence-electron chi connectivity index (χ4n) is 4.70. The maximum absolute atomic E-state index is 14.0. The first-order chi connectivity index (χ1) is 16.9. The van der Waals surface area contributed by atoms with Crippen molar-refractivity contribution in [1.29, 1.82) is 0 Å². The molecule has 180 valence electrons. The molecule has 8 heteroatoms. The molecular formula is C27H27ClN4O2S. The Hall–Kier alpha value is -3.13. The van der Waals surface area contributed by atoms with E-state index in [4.69, 9.17) is 11.6 Å². The molecule has 0 bridgehead atoms. The number of aromatic nitrogens is 2. The number of rotatable bonds is 6. The molecule has 0 radical (unpaired) electrons. The molecule has 5 rings (SSSR count). The standard InChI is InChI=1S/C27H27ClN4O2S/c1-20-29-16-24(30-20)18-31-19-25(14-21-8-4-2-5-9-21)32(17-22-15-23(28)12-13-27(22)31)35(33,34)26-10-6-3-7-11-26/h2-13,15-16,25H,14,17-19H2,1H3,(H,29,30)/t25-/m1/s1. The van der Waals surface area contributed by atoms with E-state index in [0.29, 0.717) is 29.4 Å². The third kappa shape index (κ3) is 5.12. The average molecular weight is 507 g/mol. The van der Waals surface area contributed by atoms with Gasteiger partial charge in [-0.15, -0.1) is 0 Å². The Labute approximate surface area is 211 Å². The lowest BCUT2D eigenvalue weighted by molar-refractivity contribution is 0.318. The molecule has 0 spiro atoms. The van der Waals surface area contributed by atoms with Gasteiger partial charge in [0.2, 0.25) is 10.0 Å². The van der Waals surface area contributed by atoms with Crippen LogP contribution in [0.15, 0.2) is 90.0 Å². The van der Waals surface area contributed by atoms with Gasteiger partial charge < -0.3 is 9.88 Å². The fourth-order valence-corrected chi connectivity index (χ4v) is 6.51. The number of aryl methyl sites for hydroxylation is 1. The summed E-state index contributed by atoms with van der Waals surface area (Å²) in [5, 5.41) is 0.583. The van der Waals surface area contributed by atoms with E-state index in [1.54, 1.807) is 28.6 Å². The minimum absolute atomic E-state index is 0.239. The first-order valence-corrected chi connectivity index (χ1v) is 13.4. The molecule has 2 heterocycles. The summed E-state index contributed by atoms with van der Waals surface area (Å²) in [5.74, 6) is 0.847. The highest BCUT2D eigenvalue weighted by atomic mass is 35.5. The maximum Gasteiger partial charge on any atom is 0.243 e. The molecule has 35 heavy (non-hydrogen) atoms. The molecule has 0 saturated heterocycles. The SMILES string of the molecule is Cc1ncc(CN2C[C@@H](Cc3ccccc3)N(S(=O)(=O)c3ccccc3)Cc3cc(Cl)ccc32)[nH]1. The summed E-state index contributed by atoms with van der Waals surface area (Å²) < 4.78 is 29.6. The minimum Gasteiger partial charge on any atom is -0.364 e. The molecule has 1 N–H and O–H groups in total. The molecule has 0 unspecified atom stereocenters. The third-order valence-electron chi connectivity index (χ3n) is 6.33. The van der Waals surface area contributed by atoms with Crippen molar-refractivity contribution >= 4 is 27.3 Å². The van der Waals surface area contributed by atoms with Crippen LogP contribution in [0.1, 0.15) is 22.6 Å². The molecule has 4 aromatic rings. The Bertz CT molecular complexity index is 1410. The molecule has 1 aliphatic rings. The number of sulfonamides is 1. The van der Waals surface area contributed by atoms with Gasteiger partial charge in [0.15, 0.2) is 0 Å². The number of anilines is 1. The van der Waals surface area contributed by atoms with Crippen molar-refractivity contribution in [1.82, 2.24) is 14.3 Å². The van der Waals surface area contributed by atoms with Crippen LogP contribution in [0.3, 0.4) is 0 Å². The van der Waals surface area contributed by atoms with E-state index in [1.807, 2.05) is 67.7 Å². The molecule has 6 nitrogen and oxygen atoms in total. The molecule has 1 aromatic heterocycles. The number of aromatic amines is 1. The van der Waals surface area contributed by atoms with Crippen molar-refractivity contribution < 1.29 is 8.42 Å². The van der Waals surface area contributed by atoms with Gasteiger partial charge in [-0.2, -0.15) is 4.31 Å². The van der Waals surface area contributed by atoms with Gasteiger partial charge in [0.05, 0.1) is 23.3 Å². The lowest BCUT2D eigenvalue weighted by atomic mass is 10.1. The zero-order chi connectivity index (χ0) is 24.4. The highest BCUT2D eigenvalue weighted by Crippen LogP contribution is 2.34. The summed E-state index contributed by atoms with van der Waals surface area (Å²) >= 11 is 6.38. The quantitative estimate of drug-likeness (QED) is 0.390. The van der Waals surface area contributed by atoms with Crippen molar-refractivity contribution in [3.05, 3.63) is 113 Å². The summed E-state index contributed by atoms with van der Waals surface area (Å²) in [5.41, 5.74) is 3.92. The number of H-pyrrole nitrogens is 1. The number of nitrogens with zero attached hydrogens (tertiary/aromatic N) is 3. The number of fused-ring (bicyclic) bond motifs is 1. The Balaban J connectivity index is 1.61. The van der Waals surface area contributed by atoms with Crippen molar-refractivity contribution in [3.8, 4) is 0 Å². The van der Waals surface area contributed by atoms with E-state index in [9.17, 15) is 8.42 Å². The van der Waals surface area contributed by atoms with E-state index in [0.717, 1.165) is 28.3 Å². The van der Waals surface area contributed by atoms with Crippen LogP contribution in [0.25, 0.3) is 0 Å². The summed E-state index contributed by atoms with van der Waals surface area (Å²) in [6.45, 7) is 3.27. The van der Waals surface area contributed by atoms with Crippen LogP contribution >= 0.6 is 11.6 Å². The van der Waals surface area contributed by atoms with Gasteiger partial charge in [-0.25, -0.2) is 13.4 Å². The molecule has 0 aliphatic carbocycles. The van der Waals surface area contributed by atoms with Gasteiger partial charge in [-0.1, -0.05) is 60.1 Å². The number of halogens is 1. The van der Waals surface area contributed by atoms with Crippen molar-refractivity contribution in [3.63, 3.8) is 0 Å². The topological polar surface area (TPSA) is 69.3 Å². The first kappa shape index (κ1) is 23.6. The van der Waals surface area contributed by atoms with Crippen LogP contribution in [0, 0.1) is 6.92 Å². The van der Waals surface area contributed by atoms with Gasteiger partial charge in [-0.3, -0.25) is 0 Å². The van der Waals surface area contributed by atoms with E-state index in [-0.39, 0.29) is 12.6 Å². The third-order valence-corrected chi connectivity index (χ3v) is 8.48. The average Bonchev–Trinajstić information content (AvgIpc) is 3.20.